The maximum absolute atomic E-state index is 12.2. The molecule has 0 aliphatic carbocycles. The van der Waals surface area contributed by atoms with Gasteiger partial charge in [0.1, 0.15) is 0 Å². The second-order valence-corrected chi connectivity index (χ2v) is 8.77. The lowest BCUT2D eigenvalue weighted by Gasteiger charge is -2.28. The Morgan fingerprint density at radius 1 is 1.13 bits per heavy atom. The van der Waals surface area contributed by atoms with Crippen molar-refractivity contribution in [3.63, 3.8) is 0 Å². The Kier molecular flexibility index (Phi) is 6.03. The standard InChI is InChI=1S/C20H34N2O/c1-13(21)12-22-18(23)10-15-9-16(19(3,4)5)11-17(14(15)2)20(6,7)8/h9,11,13H,10,12,21H2,1-8H3,(H,22,23). The molecule has 0 heterocycles. The minimum absolute atomic E-state index is 0.0221. The average molecular weight is 319 g/mol. The Labute approximate surface area is 142 Å². The van der Waals surface area contributed by atoms with Crippen LogP contribution >= 0.6 is 0 Å². The normalized spacial score (nSPS) is 13.8. The van der Waals surface area contributed by atoms with E-state index in [1.807, 2.05) is 6.92 Å². The zero-order valence-electron chi connectivity index (χ0n) is 16.1. The number of carbonyl (C=O) groups is 1. The SMILES string of the molecule is Cc1c(CC(=O)NCC(C)N)cc(C(C)(C)C)cc1C(C)(C)C. The van der Waals surface area contributed by atoms with Gasteiger partial charge in [0.05, 0.1) is 6.42 Å². The summed E-state index contributed by atoms with van der Waals surface area (Å²) in [6.07, 6.45) is 0.408. The second-order valence-electron chi connectivity index (χ2n) is 8.77. The molecule has 0 aliphatic rings. The first-order valence-electron chi connectivity index (χ1n) is 8.49. The van der Waals surface area contributed by atoms with Crippen molar-refractivity contribution < 1.29 is 4.79 Å². The fourth-order valence-corrected chi connectivity index (χ4v) is 2.68. The smallest absolute Gasteiger partial charge is 0.224 e. The highest BCUT2D eigenvalue weighted by Gasteiger charge is 2.23. The summed E-state index contributed by atoms with van der Waals surface area (Å²) in [5.41, 5.74) is 10.8. The molecule has 3 heteroatoms. The molecule has 0 saturated heterocycles. The van der Waals surface area contributed by atoms with Gasteiger partial charge in [-0.05, 0) is 46.9 Å². The summed E-state index contributed by atoms with van der Waals surface area (Å²) in [6, 6.07) is 4.47. The van der Waals surface area contributed by atoms with Crippen molar-refractivity contribution in [2.75, 3.05) is 6.54 Å². The zero-order valence-corrected chi connectivity index (χ0v) is 16.1. The zero-order chi connectivity index (χ0) is 18.0. The van der Waals surface area contributed by atoms with Gasteiger partial charge in [0.15, 0.2) is 0 Å². The van der Waals surface area contributed by atoms with Crippen LogP contribution in [0.15, 0.2) is 12.1 Å². The lowest BCUT2D eigenvalue weighted by atomic mass is 9.76. The summed E-state index contributed by atoms with van der Waals surface area (Å²) >= 11 is 0. The third kappa shape index (κ3) is 5.65. The van der Waals surface area contributed by atoms with Crippen molar-refractivity contribution in [3.05, 3.63) is 34.4 Å². The van der Waals surface area contributed by atoms with Crippen LogP contribution in [0.3, 0.4) is 0 Å². The Morgan fingerprint density at radius 2 is 1.70 bits per heavy atom. The van der Waals surface area contributed by atoms with Crippen molar-refractivity contribution in [1.29, 1.82) is 0 Å². The molecular formula is C20H34N2O. The quantitative estimate of drug-likeness (QED) is 0.891. The highest BCUT2D eigenvalue weighted by molar-refractivity contribution is 5.79. The first-order valence-corrected chi connectivity index (χ1v) is 8.49. The van der Waals surface area contributed by atoms with Crippen LogP contribution in [0.2, 0.25) is 0 Å². The van der Waals surface area contributed by atoms with E-state index in [0.29, 0.717) is 13.0 Å². The summed E-state index contributed by atoms with van der Waals surface area (Å²) < 4.78 is 0. The molecule has 0 radical (unpaired) electrons. The molecule has 23 heavy (non-hydrogen) atoms. The molecule has 3 N–H and O–H groups in total. The highest BCUT2D eigenvalue weighted by atomic mass is 16.1. The van der Waals surface area contributed by atoms with Crippen molar-refractivity contribution in [3.8, 4) is 0 Å². The summed E-state index contributed by atoms with van der Waals surface area (Å²) in [5, 5.41) is 2.91. The van der Waals surface area contributed by atoms with Gasteiger partial charge in [-0.1, -0.05) is 53.7 Å². The number of nitrogens with one attached hydrogen (secondary N) is 1. The van der Waals surface area contributed by atoms with E-state index in [0.717, 1.165) is 5.56 Å². The van der Waals surface area contributed by atoms with E-state index in [1.165, 1.54) is 16.7 Å². The molecular weight excluding hydrogens is 284 g/mol. The van der Waals surface area contributed by atoms with Gasteiger partial charge in [-0.25, -0.2) is 0 Å². The van der Waals surface area contributed by atoms with E-state index >= 15 is 0 Å². The molecule has 1 atom stereocenters. The summed E-state index contributed by atoms with van der Waals surface area (Å²) in [4.78, 5) is 12.2. The van der Waals surface area contributed by atoms with Crippen molar-refractivity contribution in [1.82, 2.24) is 5.32 Å². The first-order chi connectivity index (χ1) is 10.3. The van der Waals surface area contributed by atoms with Crippen molar-refractivity contribution >= 4 is 5.91 Å². The highest BCUT2D eigenvalue weighted by Crippen LogP contribution is 2.33. The van der Waals surface area contributed by atoms with Crippen molar-refractivity contribution in [2.24, 2.45) is 5.73 Å². The third-order valence-electron chi connectivity index (χ3n) is 4.16. The number of rotatable bonds is 4. The topological polar surface area (TPSA) is 55.1 Å². The summed E-state index contributed by atoms with van der Waals surface area (Å²) in [5.74, 6) is 0.0383. The molecule has 1 aromatic rings. The van der Waals surface area contributed by atoms with Crippen LogP contribution in [0, 0.1) is 6.92 Å². The molecule has 1 rings (SSSR count). The maximum atomic E-state index is 12.2. The molecule has 3 nitrogen and oxygen atoms in total. The molecule has 0 aliphatic heterocycles. The Morgan fingerprint density at radius 3 is 2.13 bits per heavy atom. The Hall–Kier alpha value is -1.35. The minimum Gasteiger partial charge on any atom is -0.354 e. The molecule has 0 spiro atoms. The second kappa shape index (κ2) is 7.04. The van der Waals surface area contributed by atoms with Gasteiger partial charge in [0, 0.05) is 12.6 Å². The van der Waals surface area contributed by atoms with Crippen LogP contribution in [0.25, 0.3) is 0 Å². The lowest BCUT2D eigenvalue weighted by Crippen LogP contribution is -2.36. The van der Waals surface area contributed by atoms with Gasteiger partial charge >= 0.3 is 0 Å². The molecule has 0 aromatic heterocycles. The third-order valence-corrected chi connectivity index (χ3v) is 4.16. The minimum atomic E-state index is -0.0221. The van der Waals surface area contributed by atoms with Crippen LogP contribution in [-0.4, -0.2) is 18.5 Å². The number of carbonyl (C=O) groups excluding carboxylic acids is 1. The number of nitrogens with two attached hydrogens (primary N) is 1. The molecule has 0 fully saturated rings. The fraction of sp³-hybridized carbons (Fsp3) is 0.650. The van der Waals surface area contributed by atoms with Crippen molar-refractivity contribution in [2.45, 2.75) is 78.7 Å². The summed E-state index contributed by atoms with van der Waals surface area (Å²) in [6.45, 7) is 17.8. The lowest BCUT2D eigenvalue weighted by molar-refractivity contribution is -0.120. The molecule has 1 unspecified atom stereocenters. The van der Waals surface area contributed by atoms with Crippen LogP contribution in [-0.2, 0) is 22.0 Å². The number of hydrogen-bond acceptors (Lipinski definition) is 2. The van der Waals surface area contributed by atoms with Crippen LogP contribution in [0.1, 0.15) is 70.7 Å². The van der Waals surface area contributed by atoms with Gasteiger partial charge < -0.3 is 11.1 Å². The first kappa shape index (κ1) is 19.7. The van der Waals surface area contributed by atoms with Crippen LogP contribution in [0.4, 0.5) is 0 Å². The van der Waals surface area contributed by atoms with E-state index in [-0.39, 0.29) is 22.8 Å². The largest absolute Gasteiger partial charge is 0.354 e. The van der Waals surface area contributed by atoms with E-state index in [1.54, 1.807) is 0 Å². The predicted octanol–water partition coefficient (Wildman–Crippen LogP) is 3.60. The van der Waals surface area contributed by atoms with Gasteiger partial charge in [0.2, 0.25) is 5.91 Å². The Bertz CT molecular complexity index is 560. The van der Waals surface area contributed by atoms with Gasteiger partial charge in [0.25, 0.3) is 0 Å². The number of hydrogen-bond donors (Lipinski definition) is 2. The summed E-state index contributed by atoms with van der Waals surface area (Å²) in [7, 11) is 0. The van der Waals surface area contributed by atoms with E-state index < -0.39 is 0 Å². The van der Waals surface area contributed by atoms with Crippen LogP contribution in [0.5, 0.6) is 0 Å². The van der Waals surface area contributed by atoms with Gasteiger partial charge in [-0.3, -0.25) is 4.79 Å². The molecule has 130 valence electrons. The number of amides is 1. The monoisotopic (exact) mass is 318 g/mol. The maximum Gasteiger partial charge on any atom is 0.224 e. The van der Waals surface area contributed by atoms with E-state index in [4.69, 9.17) is 5.73 Å². The average Bonchev–Trinajstić information content (AvgIpc) is 2.36. The van der Waals surface area contributed by atoms with E-state index in [2.05, 4.69) is 65.9 Å². The molecule has 1 aromatic carbocycles. The fourth-order valence-electron chi connectivity index (χ4n) is 2.68. The van der Waals surface area contributed by atoms with Gasteiger partial charge in [-0.2, -0.15) is 0 Å². The van der Waals surface area contributed by atoms with E-state index in [9.17, 15) is 4.79 Å². The molecule has 0 bridgehead atoms. The predicted molar refractivity (Wildman–Crippen MR) is 98.9 cm³/mol. The molecule has 0 saturated carbocycles. The van der Waals surface area contributed by atoms with Crippen LogP contribution < -0.4 is 11.1 Å². The molecule has 1 amide bonds. The van der Waals surface area contributed by atoms with Gasteiger partial charge in [-0.15, -0.1) is 0 Å². The Balaban J connectivity index is 3.23. The number of benzene rings is 1.